The van der Waals surface area contributed by atoms with Crippen molar-refractivity contribution in [2.45, 2.75) is 18.5 Å². The Morgan fingerprint density at radius 3 is 2.80 bits per heavy atom. The summed E-state index contributed by atoms with van der Waals surface area (Å²) in [5.74, 6) is 0.858. The Labute approximate surface area is 89.7 Å². The SMILES string of the molecule is F[C@]1(Cc2ccccc2)C[C@@H]2CNCC21. The Kier molecular flexibility index (Phi) is 2.06. The highest BCUT2D eigenvalue weighted by Gasteiger charge is 2.56. The molecular weight excluding hydrogens is 189 g/mol. The monoisotopic (exact) mass is 205 g/mol. The maximum absolute atomic E-state index is 14.5. The third-order valence-electron chi connectivity index (χ3n) is 3.95. The van der Waals surface area contributed by atoms with E-state index in [1.807, 2.05) is 30.3 Å². The highest BCUT2D eigenvalue weighted by atomic mass is 19.1. The van der Waals surface area contributed by atoms with E-state index >= 15 is 0 Å². The fourth-order valence-corrected chi connectivity index (χ4v) is 3.12. The molecule has 0 amide bonds. The summed E-state index contributed by atoms with van der Waals surface area (Å²) in [7, 11) is 0. The van der Waals surface area contributed by atoms with Gasteiger partial charge < -0.3 is 5.32 Å². The van der Waals surface area contributed by atoms with Crippen molar-refractivity contribution in [1.29, 1.82) is 0 Å². The van der Waals surface area contributed by atoms with Crippen LogP contribution in [0.25, 0.3) is 0 Å². The molecule has 3 rings (SSSR count). The van der Waals surface area contributed by atoms with Crippen molar-refractivity contribution in [3.8, 4) is 0 Å². The van der Waals surface area contributed by atoms with Crippen LogP contribution in [-0.2, 0) is 6.42 Å². The van der Waals surface area contributed by atoms with Crippen molar-refractivity contribution in [3.63, 3.8) is 0 Å². The van der Waals surface area contributed by atoms with E-state index in [9.17, 15) is 4.39 Å². The second kappa shape index (κ2) is 3.31. The van der Waals surface area contributed by atoms with Crippen LogP contribution < -0.4 is 5.32 Å². The van der Waals surface area contributed by atoms with Crippen LogP contribution in [0.1, 0.15) is 12.0 Å². The highest BCUT2D eigenvalue weighted by Crippen LogP contribution is 2.50. The van der Waals surface area contributed by atoms with Gasteiger partial charge in [-0.25, -0.2) is 4.39 Å². The van der Waals surface area contributed by atoms with Crippen LogP contribution in [0.2, 0.25) is 0 Å². The number of rotatable bonds is 2. The lowest BCUT2D eigenvalue weighted by Crippen LogP contribution is -2.51. The van der Waals surface area contributed by atoms with E-state index in [4.69, 9.17) is 0 Å². The van der Waals surface area contributed by atoms with Crippen molar-refractivity contribution in [1.82, 2.24) is 5.32 Å². The first-order valence-electron chi connectivity index (χ1n) is 5.71. The van der Waals surface area contributed by atoms with Crippen LogP contribution >= 0.6 is 0 Å². The molecule has 1 aliphatic heterocycles. The average molecular weight is 205 g/mol. The fraction of sp³-hybridized carbons (Fsp3) is 0.538. The van der Waals surface area contributed by atoms with Crippen LogP contribution in [0.4, 0.5) is 4.39 Å². The van der Waals surface area contributed by atoms with Gasteiger partial charge in [0, 0.05) is 18.9 Å². The van der Waals surface area contributed by atoms with Crippen molar-refractivity contribution in [3.05, 3.63) is 35.9 Å². The molecule has 1 aliphatic carbocycles. The number of benzene rings is 1. The van der Waals surface area contributed by atoms with Crippen molar-refractivity contribution < 1.29 is 4.39 Å². The average Bonchev–Trinajstić information content (AvgIpc) is 2.62. The van der Waals surface area contributed by atoms with Gasteiger partial charge >= 0.3 is 0 Å². The van der Waals surface area contributed by atoms with Gasteiger partial charge in [0.1, 0.15) is 5.67 Å². The minimum absolute atomic E-state index is 0.262. The van der Waals surface area contributed by atoms with E-state index in [2.05, 4.69) is 5.32 Å². The smallest absolute Gasteiger partial charge is 0.119 e. The zero-order chi connectivity index (χ0) is 10.3. The van der Waals surface area contributed by atoms with E-state index in [1.165, 1.54) is 0 Å². The van der Waals surface area contributed by atoms with Crippen molar-refractivity contribution in [2.75, 3.05) is 13.1 Å². The lowest BCUT2D eigenvalue weighted by molar-refractivity contribution is -0.0440. The summed E-state index contributed by atoms with van der Waals surface area (Å²) in [5, 5.41) is 3.29. The minimum Gasteiger partial charge on any atom is -0.316 e. The molecule has 1 nitrogen and oxygen atoms in total. The molecule has 1 aromatic rings. The second-order valence-electron chi connectivity index (χ2n) is 4.93. The summed E-state index contributed by atoms with van der Waals surface area (Å²) in [5.41, 5.74) is 0.195. The second-order valence-corrected chi connectivity index (χ2v) is 4.93. The third kappa shape index (κ3) is 1.48. The van der Waals surface area contributed by atoms with Crippen LogP contribution in [-0.4, -0.2) is 18.8 Å². The molecule has 1 saturated carbocycles. The largest absolute Gasteiger partial charge is 0.316 e. The molecule has 0 spiro atoms. The van der Waals surface area contributed by atoms with E-state index in [-0.39, 0.29) is 5.92 Å². The van der Waals surface area contributed by atoms with Crippen molar-refractivity contribution in [2.24, 2.45) is 11.8 Å². The molecule has 1 heterocycles. The molecule has 2 fully saturated rings. The lowest BCUT2D eigenvalue weighted by atomic mass is 9.62. The molecule has 3 atom stereocenters. The molecule has 0 bridgehead atoms. The molecular formula is C13H16FN. The normalized spacial score (nSPS) is 38.5. The van der Waals surface area contributed by atoms with Crippen LogP contribution in [0.5, 0.6) is 0 Å². The predicted octanol–water partition coefficient (Wildman–Crippen LogP) is 2.18. The Morgan fingerprint density at radius 1 is 1.27 bits per heavy atom. The Balaban J connectivity index is 1.73. The Hall–Kier alpha value is -0.890. The van der Waals surface area contributed by atoms with Gasteiger partial charge in [-0.3, -0.25) is 0 Å². The maximum atomic E-state index is 14.5. The van der Waals surface area contributed by atoms with Gasteiger partial charge in [0.2, 0.25) is 0 Å². The van der Waals surface area contributed by atoms with E-state index in [0.717, 1.165) is 25.1 Å². The standard InChI is InChI=1S/C13H16FN/c14-13(6-10-4-2-1-3-5-10)7-11-8-15-9-12(11)13/h1-5,11-12,15H,6-9H2/t11-,12?,13-/m1/s1. The number of fused-ring (bicyclic) bond motifs is 1. The van der Waals surface area contributed by atoms with Gasteiger partial charge in [0.15, 0.2) is 0 Å². The number of alkyl halides is 1. The lowest BCUT2D eigenvalue weighted by Gasteiger charge is -2.46. The molecule has 0 aromatic heterocycles. The third-order valence-corrected chi connectivity index (χ3v) is 3.95. The molecule has 1 N–H and O–H groups in total. The topological polar surface area (TPSA) is 12.0 Å². The van der Waals surface area contributed by atoms with Gasteiger partial charge in [-0.2, -0.15) is 0 Å². The molecule has 1 saturated heterocycles. The van der Waals surface area contributed by atoms with E-state index in [0.29, 0.717) is 12.3 Å². The van der Waals surface area contributed by atoms with Gasteiger partial charge in [-0.05, 0) is 24.4 Å². The Bertz CT molecular complexity index is 351. The van der Waals surface area contributed by atoms with Crippen LogP contribution in [0.3, 0.4) is 0 Å². The van der Waals surface area contributed by atoms with Crippen molar-refractivity contribution >= 4 is 0 Å². The summed E-state index contributed by atoms with van der Waals surface area (Å²) in [6.45, 7) is 1.89. The zero-order valence-electron chi connectivity index (χ0n) is 8.75. The molecule has 1 aromatic carbocycles. The molecule has 2 heteroatoms. The first kappa shape index (κ1) is 9.34. The number of nitrogens with one attached hydrogen (secondary N) is 1. The number of hydrogen-bond acceptors (Lipinski definition) is 1. The van der Waals surface area contributed by atoms with E-state index < -0.39 is 5.67 Å². The van der Waals surface area contributed by atoms with Gasteiger partial charge in [0.25, 0.3) is 0 Å². The number of halogens is 1. The van der Waals surface area contributed by atoms with Crippen LogP contribution in [0, 0.1) is 11.8 Å². The first-order valence-corrected chi connectivity index (χ1v) is 5.71. The number of hydrogen-bond donors (Lipinski definition) is 1. The molecule has 15 heavy (non-hydrogen) atoms. The summed E-state index contributed by atoms with van der Waals surface area (Å²) >= 11 is 0. The minimum atomic E-state index is -0.935. The summed E-state index contributed by atoms with van der Waals surface area (Å²) in [6, 6.07) is 10.0. The molecule has 2 aliphatic rings. The van der Waals surface area contributed by atoms with Crippen LogP contribution in [0.15, 0.2) is 30.3 Å². The highest BCUT2D eigenvalue weighted by molar-refractivity contribution is 5.21. The van der Waals surface area contributed by atoms with Gasteiger partial charge in [-0.15, -0.1) is 0 Å². The summed E-state index contributed by atoms with van der Waals surface area (Å²) in [6.07, 6.45) is 1.34. The zero-order valence-corrected chi connectivity index (χ0v) is 8.75. The Morgan fingerprint density at radius 2 is 2.07 bits per heavy atom. The quantitative estimate of drug-likeness (QED) is 0.780. The summed E-state index contributed by atoms with van der Waals surface area (Å²) in [4.78, 5) is 0. The molecule has 1 unspecified atom stereocenters. The van der Waals surface area contributed by atoms with E-state index in [1.54, 1.807) is 0 Å². The predicted molar refractivity (Wildman–Crippen MR) is 58.5 cm³/mol. The fourth-order valence-electron chi connectivity index (χ4n) is 3.12. The molecule has 0 radical (unpaired) electrons. The van der Waals surface area contributed by atoms with Gasteiger partial charge in [-0.1, -0.05) is 30.3 Å². The molecule has 80 valence electrons. The maximum Gasteiger partial charge on any atom is 0.119 e. The van der Waals surface area contributed by atoms with Gasteiger partial charge in [0.05, 0.1) is 0 Å². The summed E-state index contributed by atoms with van der Waals surface area (Å²) < 4.78 is 14.5. The first-order chi connectivity index (χ1) is 7.28.